The second-order valence-corrected chi connectivity index (χ2v) is 3.62. The molecule has 5 N–H and O–H groups in total. The molecule has 1 aromatic heterocycles. The van der Waals surface area contributed by atoms with Gasteiger partial charge in [-0.3, -0.25) is 0 Å². The van der Waals surface area contributed by atoms with E-state index in [4.69, 9.17) is 22.0 Å². The first-order chi connectivity index (χ1) is 9.08. The van der Waals surface area contributed by atoms with Crippen molar-refractivity contribution in [2.45, 2.75) is 0 Å². The minimum absolute atomic E-state index is 0.000380. The second-order valence-electron chi connectivity index (χ2n) is 3.62. The van der Waals surface area contributed by atoms with Crippen molar-refractivity contribution < 1.29 is 5.11 Å². The van der Waals surface area contributed by atoms with Crippen LogP contribution in [0.25, 0.3) is 11.3 Å². The van der Waals surface area contributed by atoms with E-state index in [1.165, 1.54) is 12.1 Å². The third-order valence-electron chi connectivity index (χ3n) is 2.48. The number of rotatable bonds is 1. The molecule has 7 heteroatoms. The molecule has 0 amide bonds. The van der Waals surface area contributed by atoms with Crippen molar-refractivity contribution in [3.8, 4) is 29.1 Å². The number of phenolic OH excluding ortho intramolecular Hbond substituents is 1. The summed E-state index contributed by atoms with van der Waals surface area (Å²) in [5, 5.41) is 27.9. The molecule has 0 aliphatic rings. The Hall–Kier alpha value is -3.32. The van der Waals surface area contributed by atoms with E-state index in [1.54, 1.807) is 6.07 Å². The molecule has 0 radical (unpaired) electrons. The summed E-state index contributed by atoms with van der Waals surface area (Å²) in [6, 6.07) is 8.20. The normalized spacial score (nSPS) is 9.58. The van der Waals surface area contributed by atoms with Crippen molar-refractivity contribution in [3.63, 3.8) is 0 Å². The van der Waals surface area contributed by atoms with E-state index >= 15 is 0 Å². The van der Waals surface area contributed by atoms with Gasteiger partial charge in [-0.2, -0.15) is 15.5 Å². The first kappa shape index (κ1) is 12.1. The van der Waals surface area contributed by atoms with E-state index in [-0.39, 0.29) is 39.9 Å². The van der Waals surface area contributed by atoms with Gasteiger partial charge in [-0.15, -0.1) is 0 Å². The number of hydrogen-bond donors (Lipinski definition) is 3. The van der Waals surface area contributed by atoms with E-state index < -0.39 is 0 Å². The van der Waals surface area contributed by atoms with Crippen LogP contribution < -0.4 is 11.5 Å². The monoisotopic (exact) mass is 252 g/mol. The molecular weight excluding hydrogens is 244 g/mol. The molecule has 0 saturated carbocycles. The van der Waals surface area contributed by atoms with Gasteiger partial charge in [0.2, 0.25) is 5.95 Å². The maximum atomic E-state index is 9.97. The highest BCUT2D eigenvalue weighted by Crippen LogP contribution is 2.34. The van der Waals surface area contributed by atoms with Crippen molar-refractivity contribution >= 4 is 11.8 Å². The number of nitrogen functional groups attached to an aromatic ring is 2. The van der Waals surface area contributed by atoms with Crippen molar-refractivity contribution in [2.24, 2.45) is 0 Å². The summed E-state index contributed by atoms with van der Waals surface area (Å²) in [5.74, 6) is -0.473. The van der Waals surface area contributed by atoms with Gasteiger partial charge in [-0.25, -0.2) is 4.98 Å². The van der Waals surface area contributed by atoms with Crippen molar-refractivity contribution in [3.05, 3.63) is 29.3 Å². The fourth-order valence-corrected chi connectivity index (χ4v) is 1.63. The predicted molar refractivity (Wildman–Crippen MR) is 67.4 cm³/mol. The van der Waals surface area contributed by atoms with Gasteiger partial charge < -0.3 is 16.6 Å². The summed E-state index contributed by atoms with van der Waals surface area (Å²) < 4.78 is 0. The Balaban J connectivity index is 2.81. The highest BCUT2D eigenvalue weighted by Gasteiger charge is 2.17. The van der Waals surface area contributed by atoms with Gasteiger partial charge in [0, 0.05) is 5.56 Å². The highest BCUT2D eigenvalue weighted by molar-refractivity contribution is 5.78. The molecule has 92 valence electrons. The molecule has 0 atom stereocenters. The van der Waals surface area contributed by atoms with Gasteiger partial charge in [-0.1, -0.05) is 6.07 Å². The largest absolute Gasteiger partial charge is 0.506 e. The van der Waals surface area contributed by atoms with Crippen LogP contribution in [0.5, 0.6) is 5.75 Å². The van der Waals surface area contributed by atoms with Crippen LogP contribution in [-0.4, -0.2) is 15.1 Å². The van der Waals surface area contributed by atoms with E-state index in [2.05, 4.69) is 9.97 Å². The van der Waals surface area contributed by atoms with Gasteiger partial charge >= 0.3 is 0 Å². The molecule has 2 aromatic rings. The summed E-state index contributed by atoms with van der Waals surface area (Å²) in [7, 11) is 0. The van der Waals surface area contributed by atoms with E-state index in [0.717, 1.165) is 0 Å². The number of benzene rings is 1. The number of hydrogen-bond acceptors (Lipinski definition) is 7. The molecule has 2 rings (SSSR count). The Morgan fingerprint density at radius 3 is 2.47 bits per heavy atom. The van der Waals surface area contributed by atoms with Gasteiger partial charge in [-0.05, 0) is 12.1 Å². The molecule has 19 heavy (non-hydrogen) atoms. The number of phenols is 1. The number of anilines is 2. The van der Waals surface area contributed by atoms with Crippen molar-refractivity contribution in [1.82, 2.24) is 9.97 Å². The van der Waals surface area contributed by atoms with Crippen LogP contribution in [-0.2, 0) is 0 Å². The average Bonchev–Trinajstić information content (AvgIpc) is 2.38. The predicted octanol–water partition coefficient (Wildman–Crippen LogP) is 0.757. The number of aromatic hydroxyl groups is 1. The summed E-state index contributed by atoms with van der Waals surface area (Å²) in [6.45, 7) is 0. The van der Waals surface area contributed by atoms with Gasteiger partial charge in [0.05, 0.1) is 11.3 Å². The Labute approximate surface area is 108 Å². The highest BCUT2D eigenvalue weighted by atomic mass is 16.3. The molecular formula is C12H8N6O. The third kappa shape index (κ3) is 1.96. The lowest BCUT2D eigenvalue weighted by molar-refractivity contribution is 0.475. The quantitative estimate of drug-likeness (QED) is 0.678. The molecule has 0 saturated heterocycles. The topological polar surface area (TPSA) is 146 Å². The van der Waals surface area contributed by atoms with Crippen molar-refractivity contribution in [1.29, 1.82) is 10.5 Å². The maximum absolute atomic E-state index is 9.97. The molecule has 0 aliphatic carbocycles. The molecule has 0 fully saturated rings. The minimum Gasteiger partial charge on any atom is -0.506 e. The number of nitrogens with zero attached hydrogens (tertiary/aromatic N) is 4. The molecule has 1 aromatic carbocycles. The molecule has 0 spiro atoms. The van der Waals surface area contributed by atoms with Crippen molar-refractivity contribution in [2.75, 3.05) is 11.5 Å². The average molecular weight is 252 g/mol. The summed E-state index contributed by atoms with van der Waals surface area (Å²) >= 11 is 0. The van der Waals surface area contributed by atoms with Crippen LogP contribution in [0.4, 0.5) is 11.8 Å². The Bertz CT molecular complexity index is 741. The number of aromatic nitrogens is 2. The minimum atomic E-state index is -0.279. The molecule has 1 heterocycles. The van der Waals surface area contributed by atoms with Crippen LogP contribution >= 0.6 is 0 Å². The molecule has 0 bridgehead atoms. The Morgan fingerprint density at radius 1 is 1.11 bits per heavy atom. The fraction of sp³-hybridized carbons (Fsp3) is 0. The fourth-order valence-electron chi connectivity index (χ4n) is 1.63. The number of para-hydroxylation sites is 1. The van der Waals surface area contributed by atoms with E-state index in [1.807, 2.05) is 12.1 Å². The molecule has 0 aliphatic heterocycles. The lowest BCUT2D eigenvalue weighted by Crippen LogP contribution is -2.05. The first-order valence-corrected chi connectivity index (χ1v) is 5.14. The SMILES string of the molecule is N#Cc1cccc(-c2nc(N)nc(N)c2C#N)c1O. The Morgan fingerprint density at radius 2 is 1.84 bits per heavy atom. The van der Waals surface area contributed by atoms with Crippen LogP contribution in [0, 0.1) is 22.7 Å². The summed E-state index contributed by atoms with van der Waals surface area (Å²) in [4.78, 5) is 7.58. The standard InChI is InChI=1S/C12H8N6O/c13-4-6-2-1-3-7(10(6)19)9-8(5-14)11(15)18-12(16)17-9/h1-3,19H,(H4,15,16,17,18). The van der Waals surface area contributed by atoms with Crippen LogP contribution in [0.3, 0.4) is 0 Å². The third-order valence-corrected chi connectivity index (χ3v) is 2.48. The second kappa shape index (κ2) is 4.51. The smallest absolute Gasteiger partial charge is 0.222 e. The molecule has 7 nitrogen and oxygen atoms in total. The number of nitrogens with two attached hydrogens (primary N) is 2. The van der Waals surface area contributed by atoms with Gasteiger partial charge in [0.15, 0.2) is 0 Å². The summed E-state index contributed by atoms with van der Waals surface area (Å²) in [6.07, 6.45) is 0. The Kier molecular flexibility index (Phi) is 2.88. The first-order valence-electron chi connectivity index (χ1n) is 5.14. The summed E-state index contributed by atoms with van der Waals surface area (Å²) in [5.41, 5.74) is 11.4. The van der Waals surface area contributed by atoms with Crippen LogP contribution in [0.1, 0.15) is 11.1 Å². The maximum Gasteiger partial charge on any atom is 0.222 e. The van der Waals surface area contributed by atoms with Crippen LogP contribution in [0.15, 0.2) is 18.2 Å². The zero-order valence-electron chi connectivity index (χ0n) is 9.62. The lowest BCUT2D eigenvalue weighted by Gasteiger charge is -2.08. The molecule has 0 unspecified atom stereocenters. The van der Waals surface area contributed by atoms with E-state index in [0.29, 0.717) is 0 Å². The lowest BCUT2D eigenvalue weighted by atomic mass is 10.0. The van der Waals surface area contributed by atoms with E-state index in [9.17, 15) is 5.11 Å². The zero-order valence-corrected chi connectivity index (χ0v) is 9.62. The number of nitriles is 2. The van der Waals surface area contributed by atoms with Crippen LogP contribution in [0.2, 0.25) is 0 Å². The zero-order chi connectivity index (χ0) is 14.0. The van der Waals surface area contributed by atoms with Gasteiger partial charge in [0.1, 0.15) is 29.3 Å². The van der Waals surface area contributed by atoms with Gasteiger partial charge in [0.25, 0.3) is 0 Å².